The van der Waals surface area contributed by atoms with Gasteiger partial charge in [-0.05, 0) is 20.3 Å². The molecule has 0 bridgehead atoms. The number of nitrogens with one attached hydrogen (secondary N) is 1. The average Bonchev–Trinajstić information content (AvgIpc) is 2.29. The Morgan fingerprint density at radius 2 is 2.00 bits per heavy atom. The van der Waals surface area contributed by atoms with E-state index in [1.54, 1.807) is 0 Å². The summed E-state index contributed by atoms with van der Waals surface area (Å²) in [6, 6.07) is -0.110. The molecule has 4 nitrogen and oxygen atoms in total. The van der Waals surface area contributed by atoms with E-state index in [1.807, 2.05) is 13.8 Å². The third kappa shape index (κ3) is 4.10. The third-order valence-corrected chi connectivity index (χ3v) is 3.05. The van der Waals surface area contributed by atoms with Crippen molar-refractivity contribution in [2.24, 2.45) is 0 Å². The first-order valence-electron chi connectivity index (χ1n) is 6.30. The zero-order valence-electron chi connectivity index (χ0n) is 10.7. The average molecular weight is 228 g/mol. The Bertz CT molecular complexity index is 215. The number of esters is 1. The van der Waals surface area contributed by atoms with Crippen molar-refractivity contribution in [1.29, 1.82) is 0 Å². The van der Waals surface area contributed by atoms with Gasteiger partial charge in [0.1, 0.15) is 6.04 Å². The van der Waals surface area contributed by atoms with Gasteiger partial charge in [-0.2, -0.15) is 0 Å². The molecule has 0 spiro atoms. The summed E-state index contributed by atoms with van der Waals surface area (Å²) >= 11 is 0. The van der Waals surface area contributed by atoms with Crippen LogP contribution in [0.2, 0.25) is 0 Å². The molecule has 1 aliphatic heterocycles. The molecule has 1 fully saturated rings. The summed E-state index contributed by atoms with van der Waals surface area (Å²) in [5, 5.41) is 3.28. The van der Waals surface area contributed by atoms with E-state index in [2.05, 4.69) is 17.1 Å². The van der Waals surface area contributed by atoms with Crippen molar-refractivity contribution in [2.75, 3.05) is 26.2 Å². The summed E-state index contributed by atoms with van der Waals surface area (Å²) in [6.45, 7) is 9.78. The molecule has 1 heterocycles. The molecule has 0 aliphatic carbocycles. The van der Waals surface area contributed by atoms with Crippen LogP contribution in [0.25, 0.3) is 0 Å². The van der Waals surface area contributed by atoms with Gasteiger partial charge in [0.2, 0.25) is 0 Å². The highest BCUT2D eigenvalue weighted by Gasteiger charge is 2.24. The summed E-state index contributed by atoms with van der Waals surface area (Å²) in [7, 11) is 0. The molecule has 1 saturated heterocycles. The van der Waals surface area contributed by atoms with Gasteiger partial charge in [-0.3, -0.25) is 9.69 Å². The van der Waals surface area contributed by atoms with Gasteiger partial charge in [-0.25, -0.2) is 0 Å². The van der Waals surface area contributed by atoms with Crippen LogP contribution in [0.3, 0.4) is 0 Å². The maximum atomic E-state index is 11.8. The number of rotatable bonds is 5. The number of hydrogen-bond acceptors (Lipinski definition) is 4. The number of piperazine rings is 1. The van der Waals surface area contributed by atoms with Gasteiger partial charge in [-0.1, -0.05) is 13.3 Å². The summed E-state index contributed by atoms with van der Waals surface area (Å²) in [6.07, 6.45) is 2.04. The Morgan fingerprint density at radius 3 is 2.56 bits per heavy atom. The maximum absolute atomic E-state index is 11.8. The maximum Gasteiger partial charge on any atom is 0.323 e. The van der Waals surface area contributed by atoms with Gasteiger partial charge in [0.15, 0.2) is 0 Å². The van der Waals surface area contributed by atoms with Crippen molar-refractivity contribution in [3.05, 3.63) is 0 Å². The van der Waals surface area contributed by atoms with E-state index < -0.39 is 0 Å². The first-order chi connectivity index (χ1) is 7.65. The predicted octanol–water partition coefficient (Wildman–Crippen LogP) is 1.01. The van der Waals surface area contributed by atoms with Crippen LogP contribution >= 0.6 is 0 Å². The van der Waals surface area contributed by atoms with Crippen molar-refractivity contribution in [3.63, 3.8) is 0 Å². The lowest BCUT2D eigenvalue weighted by atomic mass is 10.2. The van der Waals surface area contributed by atoms with E-state index in [0.717, 1.165) is 39.0 Å². The molecule has 1 N–H and O–H groups in total. The smallest absolute Gasteiger partial charge is 0.323 e. The van der Waals surface area contributed by atoms with Crippen LogP contribution in [0.5, 0.6) is 0 Å². The van der Waals surface area contributed by atoms with Crippen LogP contribution in [0.15, 0.2) is 0 Å². The van der Waals surface area contributed by atoms with E-state index >= 15 is 0 Å². The highest BCUT2D eigenvalue weighted by molar-refractivity contribution is 5.75. The second-order valence-corrected chi connectivity index (χ2v) is 4.50. The minimum absolute atomic E-state index is 0.0443. The highest BCUT2D eigenvalue weighted by atomic mass is 16.5. The quantitative estimate of drug-likeness (QED) is 0.713. The van der Waals surface area contributed by atoms with Gasteiger partial charge in [0, 0.05) is 26.2 Å². The lowest BCUT2D eigenvalue weighted by Crippen LogP contribution is -2.50. The first-order valence-corrected chi connectivity index (χ1v) is 6.30. The van der Waals surface area contributed by atoms with Crippen LogP contribution in [0.4, 0.5) is 0 Å². The summed E-state index contributed by atoms with van der Waals surface area (Å²) in [4.78, 5) is 14.0. The summed E-state index contributed by atoms with van der Waals surface area (Å²) in [5.41, 5.74) is 0. The third-order valence-electron chi connectivity index (χ3n) is 3.05. The van der Waals surface area contributed by atoms with E-state index in [-0.39, 0.29) is 18.1 Å². The van der Waals surface area contributed by atoms with Crippen LogP contribution in [0.1, 0.15) is 33.6 Å². The van der Waals surface area contributed by atoms with Gasteiger partial charge in [0.25, 0.3) is 0 Å². The van der Waals surface area contributed by atoms with Crippen LogP contribution in [-0.4, -0.2) is 49.2 Å². The second-order valence-electron chi connectivity index (χ2n) is 4.50. The molecule has 94 valence electrons. The fourth-order valence-corrected chi connectivity index (χ4v) is 1.98. The summed E-state index contributed by atoms with van der Waals surface area (Å²) < 4.78 is 5.40. The molecule has 2 atom stereocenters. The molecular weight excluding hydrogens is 204 g/mol. The van der Waals surface area contributed by atoms with Crippen molar-refractivity contribution in [2.45, 2.75) is 45.8 Å². The Hall–Kier alpha value is -0.610. The van der Waals surface area contributed by atoms with Gasteiger partial charge in [-0.15, -0.1) is 0 Å². The molecule has 0 radical (unpaired) electrons. The minimum Gasteiger partial charge on any atom is -0.462 e. The zero-order chi connectivity index (χ0) is 12.0. The van der Waals surface area contributed by atoms with Crippen molar-refractivity contribution in [1.82, 2.24) is 10.2 Å². The number of carbonyl (C=O) groups is 1. The molecular formula is C12H24N2O2. The molecule has 0 saturated carbocycles. The fourth-order valence-electron chi connectivity index (χ4n) is 1.98. The Morgan fingerprint density at radius 1 is 1.38 bits per heavy atom. The Balaban J connectivity index is 2.34. The van der Waals surface area contributed by atoms with E-state index in [1.165, 1.54) is 0 Å². The molecule has 0 amide bonds. The lowest BCUT2D eigenvalue weighted by molar-refractivity contribution is -0.154. The second kappa shape index (κ2) is 6.86. The number of nitrogens with zero attached hydrogens (tertiary/aromatic N) is 1. The molecule has 1 aliphatic rings. The molecule has 4 heteroatoms. The highest BCUT2D eigenvalue weighted by Crippen LogP contribution is 2.07. The van der Waals surface area contributed by atoms with Crippen LogP contribution in [0, 0.1) is 0 Å². The molecule has 0 aromatic heterocycles. The lowest BCUT2D eigenvalue weighted by Gasteiger charge is -2.31. The number of hydrogen-bond donors (Lipinski definition) is 1. The predicted molar refractivity (Wildman–Crippen MR) is 64.4 cm³/mol. The molecule has 1 rings (SSSR count). The minimum atomic E-state index is -0.110. The molecule has 0 aromatic carbocycles. The zero-order valence-corrected chi connectivity index (χ0v) is 10.7. The van der Waals surface area contributed by atoms with Gasteiger partial charge in [0.05, 0.1) is 6.10 Å². The monoisotopic (exact) mass is 228 g/mol. The summed E-state index contributed by atoms with van der Waals surface area (Å²) in [5.74, 6) is -0.0807. The van der Waals surface area contributed by atoms with Crippen molar-refractivity contribution < 1.29 is 9.53 Å². The van der Waals surface area contributed by atoms with Crippen LogP contribution in [-0.2, 0) is 9.53 Å². The fraction of sp³-hybridized carbons (Fsp3) is 0.917. The molecule has 0 aromatic rings. The topological polar surface area (TPSA) is 41.6 Å². The van der Waals surface area contributed by atoms with Crippen molar-refractivity contribution >= 4 is 5.97 Å². The van der Waals surface area contributed by atoms with Crippen LogP contribution < -0.4 is 5.32 Å². The SMILES string of the molecule is CCCC(C)OC(=O)C(C)N1CCNCC1. The normalized spacial score (nSPS) is 21.4. The van der Waals surface area contributed by atoms with Crippen molar-refractivity contribution in [3.8, 4) is 0 Å². The first kappa shape index (κ1) is 13.5. The number of carbonyl (C=O) groups excluding carboxylic acids is 1. The molecule has 16 heavy (non-hydrogen) atoms. The Labute approximate surface area is 98.3 Å². The van der Waals surface area contributed by atoms with E-state index in [4.69, 9.17) is 4.74 Å². The van der Waals surface area contributed by atoms with Gasteiger partial charge >= 0.3 is 5.97 Å². The van der Waals surface area contributed by atoms with E-state index in [9.17, 15) is 4.79 Å². The Kier molecular flexibility index (Phi) is 5.77. The molecule has 2 unspecified atom stereocenters. The van der Waals surface area contributed by atoms with Gasteiger partial charge < -0.3 is 10.1 Å². The van der Waals surface area contributed by atoms with E-state index in [0.29, 0.717) is 0 Å². The largest absolute Gasteiger partial charge is 0.462 e. The number of ether oxygens (including phenoxy) is 1. The standard InChI is InChI=1S/C12H24N2O2/c1-4-5-10(2)16-12(15)11(3)14-8-6-13-7-9-14/h10-11,13H,4-9H2,1-3H3.